The Morgan fingerprint density at radius 2 is 1.35 bits per heavy atom. The van der Waals surface area contributed by atoms with E-state index in [-0.39, 0.29) is 17.2 Å². The predicted octanol–water partition coefficient (Wildman–Crippen LogP) is 7.18. The summed E-state index contributed by atoms with van der Waals surface area (Å²) in [7, 11) is 0. The number of fused-ring (bicyclic) bond motifs is 1. The summed E-state index contributed by atoms with van der Waals surface area (Å²) in [6.45, 7) is 1.56. The van der Waals surface area contributed by atoms with Gasteiger partial charge in [0.2, 0.25) is 0 Å². The van der Waals surface area contributed by atoms with Gasteiger partial charge in [-0.05, 0) is 118 Å². The number of hydrogen-bond acceptors (Lipinski definition) is 0. The molecule has 0 aromatic heterocycles. The smallest absolute Gasteiger partial charge is 0.132 e. The van der Waals surface area contributed by atoms with Gasteiger partial charge >= 0.3 is 0 Å². The third-order valence-corrected chi connectivity index (χ3v) is 8.99. The van der Waals surface area contributed by atoms with E-state index in [1.807, 2.05) is 0 Å². The van der Waals surface area contributed by atoms with Gasteiger partial charge in [0, 0.05) is 9.49 Å². The topological polar surface area (TPSA) is 0 Å². The van der Waals surface area contributed by atoms with Crippen molar-refractivity contribution in [2.24, 2.45) is 23.7 Å². The second-order valence-corrected chi connectivity index (χ2v) is 10.9. The van der Waals surface area contributed by atoms with Gasteiger partial charge in [0.1, 0.15) is 11.6 Å². The minimum atomic E-state index is -0.364. The van der Waals surface area contributed by atoms with Gasteiger partial charge in [-0.1, -0.05) is 22.6 Å². The molecule has 0 nitrogen and oxygen atoms in total. The molecule has 0 saturated heterocycles. The summed E-state index contributed by atoms with van der Waals surface area (Å²) in [6, 6.07) is 1.62. The molecule has 3 aliphatic carbocycles. The summed E-state index contributed by atoms with van der Waals surface area (Å²) in [5.41, 5.74) is 1.94. The van der Waals surface area contributed by atoms with E-state index in [0.29, 0.717) is 5.92 Å². The molecule has 0 amide bonds. The molecule has 2 fully saturated rings. The first kappa shape index (κ1) is 19.1. The average molecular weight is 472 g/mol. The molecule has 2 saturated carbocycles. The van der Waals surface area contributed by atoms with Gasteiger partial charge in [-0.3, -0.25) is 0 Å². The highest BCUT2D eigenvalue weighted by Crippen LogP contribution is 2.45. The van der Waals surface area contributed by atoms with Crippen LogP contribution in [0.15, 0.2) is 6.07 Å². The molecule has 144 valence electrons. The number of alkyl halides is 1. The molecule has 1 aromatic carbocycles. The maximum Gasteiger partial charge on any atom is 0.132 e. The maximum absolute atomic E-state index is 14.4. The van der Waals surface area contributed by atoms with Crippen molar-refractivity contribution >= 4 is 22.6 Å². The van der Waals surface area contributed by atoms with Crippen molar-refractivity contribution in [1.82, 2.24) is 0 Å². The van der Waals surface area contributed by atoms with Gasteiger partial charge in [0.05, 0.1) is 0 Å². The summed E-state index contributed by atoms with van der Waals surface area (Å²) in [5, 5.41) is 0. The Kier molecular flexibility index (Phi) is 5.92. The van der Waals surface area contributed by atoms with Crippen LogP contribution in [0.2, 0.25) is 0 Å². The highest BCUT2D eigenvalue weighted by Gasteiger charge is 2.34. The summed E-state index contributed by atoms with van der Waals surface area (Å²) >= 11 is 2.62. The third-order valence-electron chi connectivity index (χ3n) is 7.74. The van der Waals surface area contributed by atoms with Gasteiger partial charge < -0.3 is 0 Å². The lowest BCUT2D eigenvalue weighted by molar-refractivity contribution is 0.135. The fourth-order valence-electron chi connectivity index (χ4n) is 6.03. The standard InChI is InChI=1S/C23H31F2I/c1-14-22(24)13-19-12-18(8-11-21(19)23(14)25)17-4-2-15(3-5-17)16-6-9-20(26)10-7-16/h13,15-18,20H,2-12H2,1H3. The molecule has 1 atom stereocenters. The zero-order valence-electron chi connectivity index (χ0n) is 15.9. The van der Waals surface area contributed by atoms with Crippen LogP contribution in [0.3, 0.4) is 0 Å². The van der Waals surface area contributed by atoms with E-state index >= 15 is 0 Å². The maximum atomic E-state index is 14.4. The Morgan fingerprint density at radius 1 is 0.808 bits per heavy atom. The fourth-order valence-corrected chi connectivity index (χ4v) is 6.75. The molecule has 26 heavy (non-hydrogen) atoms. The van der Waals surface area contributed by atoms with Crippen molar-refractivity contribution in [3.8, 4) is 0 Å². The molecule has 0 bridgehead atoms. The van der Waals surface area contributed by atoms with E-state index in [1.54, 1.807) is 13.0 Å². The van der Waals surface area contributed by atoms with Gasteiger partial charge in [-0.2, -0.15) is 0 Å². The zero-order valence-corrected chi connectivity index (χ0v) is 18.0. The zero-order chi connectivity index (χ0) is 18.3. The van der Waals surface area contributed by atoms with Crippen LogP contribution in [0.5, 0.6) is 0 Å². The summed E-state index contributed by atoms with van der Waals surface area (Å²) in [5.74, 6) is 2.68. The van der Waals surface area contributed by atoms with Gasteiger partial charge in [-0.25, -0.2) is 8.78 Å². The van der Waals surface area contributed by atoms with E-state index in [1.165, 1.54) is 51.4 Å². The number of halogens is 3. The largest absolute Gasteiger partial charge is 0.207 e. The summed E-state index contributed by atoms with van der Waals surface area (Å²) in [6.07, 6.45) is 14.0. The molecular formula is C23H31F2I. The SMILES string of the molecule is Cc1c(F)cc2c(c1F)CCC(C1CCC(C3CCC(I)CC3)CC1)C2. The monoisotopic (exact) mass is 472 g/mol. The van der Waals surface area contributed by atoms with Crippen LogP contribution in [0.25, 0.3) is 0 Å². The Balaban J connectivity index is 1.36. The molecular weight excluding hydrogens is 441 g/mol. The molecule has 4 rings (SSSR count). The van der Waals surface area contributed by atoms with Gasteiger partial charge in [0.15, 0.2) is 0 Å². The molecule has 1 aromatic rings. The van der Waals surface area contributed by atoms with E-state index < -0.39 is 0 Å². The van der Waals surface area contributed by atoms with Crippen molar-refractivity contribution in [3.05, 3.63) is 34.4 Å². The number of hydrogen-bond donors (Lipinski definition) is 0. The first-order valence-corrected chi connectivity index (χ1v) is 11.9. The Morgan fingerprint density at radius 3 is 1.96 bits per heavy atom. The highest BCUT2D eigenvalue weighted by atomic mass is 127. The van der Waals surface area contributed by atoms with Gasteiger partial charge in [0.25, 0.3) is 0 Å². The van der Waals surface area contributed by atoms with E-state index in [2.05, 4.69) is 22.6 Å². The molecule has 3 heteroatoms. The van der Waals surface area contributed by atoms with E-state index in [0.717, 1.165) is 52.1 Å². The van der Waals surface area contributed by atoms with Crippen LogP contribution in [0.4, 0.5) is 8.78 Å². The van der Waals surface area contributed by atoms with Crippen LogP contribution >= 0.6 is 22.6 Å². The lowest BCUT2D eigenvalue weighted by atomic mass is 9.66. The van der Waals surface area contributed by atoms with Crippen LogP contribution in [0.1, 0.15) is 74.5 Å². The van der Waals surface area contributed by atoms with E-state index in [4.69, 9.17) is 0 Å². The highest BCUT2D eigenvalue weighted by molar-refractivity contribution is 14.1. The second-order valence-electron chi connectivity index (χ2n) is 9.12. The minimum absolute atomic E-state index is 0.198. The molecule has 1 unspecified atom stereocenters. The van der Waals surface area contributed by atoms with E-state index in [9.17, 15) is 8.78 Å². The summed E-state index contributed by atoms with van der Waals surface area (Å²) < 4.78 is 29.2. The predicted molar refractivity (Wildman–Crippen MR) is 112 cm³/mol. The lowest BCUT2D eigenvalue weighted by Gasteiger charge is -2.40. The molecule has 3 aliphatic rings. The number of benzene rings is 1. The normalized spacial score (nSPS) is 35.2. The quantitative estimate of drug-likeness (QED) is 0.316. The molecule has 0 heterocycles. The van der Waals surface area contributed by atoms with Crippen molar-refractivity contribution < 1.29 is 8.78 Å². The Bertz CT molecular complexity index is 640. The molecule has 0 aliphatic heterocycles. The second kappa shape index (κ2) is 8.05. The van der Waals surface area contributed by atoms with Crippen LogP contribution in [0, 0.1) is 42.2 Å². The van der Waals surface area contributed by atoms with Crippen LogP contribution in [-0.4, -0.2) is 3.92 Å². The van der Waals surface area contributed by atoms with Crippen LogP contribution in [-0.2, 0) is 12.8 Å². The lowest BCUT2D eigenvalue weighted by Crippen LogP contribution is -2.30. The van der Waals surface area contributed by atoms with Crippen molar-refractivity contribution in [3.63, 3.8) is 0 Å². The van der Waals surface area contributed by atoms with Gasteiger partial charge in [-0.15, -0.1) is 0 Å². The Hall–Kier alpha value is -0.190. The average Bonchev–Trinajstić information content (AvgIpc) is 2.67. The fraction of sp³-hybridized carbons (Fsp3) is 0.739. The van der Waals surface area contributed by atoms with Crippen molar-refractivity contribution in [2.45, 2.75) is 81.5 Å². The third kappa shape index (κ3) is 3.84. The minimum Gasteiger partial charge on any atom is -0.207 e. The number of rotatable bonds is 2. The first-order chi connectivity index (χ1) is 12.5. The Labute approximate surface area is 170 Å². The molecule has 0 N–H and O–H groups in total. The molecule has 0 spiro atoms. The molecule has 0 radical (unpaired) electrons. The van der Waals surface area contributed by atoms with Crippen molar-refractivity contribution in [1.29, 1.82) is 0 Å². The van der Waals surface area contributed by atoms with Crippen molar-refractivity contribution in [2.75, 3.05) is 0 Å². The first-order valence-electron chi connectivity index (χ1n) is 10.6. The summed E-state index contributed by atoms with van der Waals surface area (Å²) in [4.78, 5) is 0. The van der Waals surface area contributed by atoms with Crippen LogP contribution < -0.4 is 0 Å².